The number of carbonyl (C=O) groups excluding carboxylic acids is 1. The second-order valence-corrected chi connectivity index (χ2v) is 6.42. The van der Waals surface area contributed by atoms with Gasteiger partial charge in [-0.05, 0) is 37.0 Å². The van der Waals surface area contributed by atoms with Gasteiger partial charge in [0.2, 0.25) is 5.91 Å². The van der Waals surface area contributed by atoms with E-state index in [0.717, 1.165) is 6.42 Å². The average molecular weight is 317 g/mol. The fourth-order valence-corrected chi connectivity index (χ4v) is 3.08. The maximum absolute atomic E-state index is 13.8. The Morgan fingerprint density at radius 1 is 1.43 bits per heavy atom. The number of hydrogen-bond acceptors (Lipinski definition) is 3. The van der Waals surface area contributed by atoms with Crippen LogP contribution in [0.3, 0.4) is 0 Å². The Balaban J connectivity index is 1.89. The number of rotatable bonds is 5. The van der Waals surface area contributed by atoms with E-state index in [4.69, 9.17) is 5.26 Å². The topological polar surface area (TPSA) is 56.1 Å². The second kappa shape index (κ2) is 8.07. The van der Waals surface area contributed by atoms with Crippen LogP contribution in [-0.2, 0) is 11.3 Å². The summed E-state index contributed by atoms with van der Waals surface area (Å²) in [5.41, 5.74) is 0.766. The third kappa shape index (κ3) is 4.77. The quantitative estimate of drug-likeness (QED) is 0.908. The van der Waals surface area contributed by atoms with Crippen LogP contribution < -0.4 is 5.32 Å². The van der Waals surface area contributed by atoms with E-state index in [0.29, 0.717) is 23.1 Å². The van der Waals surface area contributed by atoms with E-state index < -0.39 is 5.82 Å². The molecule has 1 saturated carbocycles. The summed E-state index contributed by atoms with van der Waals surface area (Å²) in [4.78, 5) is 13.7. The van der Waals surface area contributed by atoms with Gasteiger partial charge in [0.1, 0.15) is 5.82 Å². The zero-order valence-corrected chi connectivity index (χ0v) is 13.8. The van der Waals surface area contributed by atoms with Gasteiger partial charge in [0.05, 0.1) is 18.2 Å². The summed E-state index contributed by atoms with van der Waals surface area (Å²) in [5, 5.41) is 12.2. The molecule has 0 unspecified atom stereocenters. The van der Waals surface area contributed by atoms with E-state index in [9.17, 15) is 9.18 Å². The zero-order chi connectivity index (χ0) is 16.8. The lowest BCUT2D eigenvalue weighted by Crippen LogP contribution is -2.43. The van der Waals surface area contributed by atoms with Crippen molar-refractivity contribution in [3.63, 3.8) is 0 Å². The molecule has 0 saturated heterocycles. The van der Waals surface area contributed by atoms with Crippen LogP contribution >= 0.6 is 0 Å². The number of likely N-dealkylation sites (N-methyl/N-ethyl adjacent to an activating group) is 1. The summed E-state index contributed by atoms with van der Waals surface area (Å²) in [5.74, 6) is 0.133. The number of nitriles is 1. The lowest BCUT2D eigenvalue weighted by molar-refractivity contribution is -0.129. The Kier molecular flexibility index (Phi) is 6.12. The number of hydrogen-bond donors (Lipinski definition) is 1. The van der Waals surface area contributed by atoms with Crippen LogP contribution in [-0.4, -0.2) is 30.4 Å². The van der Waals surface area contributed by atoms with Gasteiger partial charge in [-0.15, -0.1) is 0 Å². The van der Waals surface area contributed by atoms with Gasteiger partial charge >= 0.3 is 0 Å². The van der Waals surface area contributed by atoms with Gasteiger partial charge in [0.15, 0.2) is 0 Å². The first kappa shape index (κ1) is 17.4. The van der Waals surface area contributed by atoms with Crippen LogP contribution in [0.4, 0.5) is 4.39 Å². The van der Waals surface area contributed by atoms with E-state index in [2.05, 4.69) is 12.2 Å². The highest BCUT2D eigenvalue weighted by atomic mass is 19.1. The molecule has 4 nitrogen and oxygen atoms in total. The summed E-state index contributed by atoms with van der Waals surface area (Å²) in [6.45, 7) is 2.65. The Hall–Kier alpha value is -1.93. The molecule has 2 rings (SSSR count). The number of benzene rings is 1. The first-order valence-electron chi connectivity index (χ1n) is 8.17. The molecule has 0 heterocycles. The second-order valence-electron chi connectivity index (χ2n) is 6.42. The number of carbonyl (C=O) groups is 1. The van der Waals surface area contributed by atoms with E-state index >= 15 is 0 Å². The molecule has 1 aromatic carbocycles. The van der Waals surface area contributed by atoms with Crippen LogP contribution in [0.5, 0.6) is 0 Å². The van der Waals surface area contributed by atoms with E-state index in [1.165, 1.54) is 42.4 Å². The summed E-state index contributed by atoms with van der Waals surface area (Å²) in [6.07, 6.45) is 4.78. The van der Waals surface area contributed by atoms with Gasteiger partial charge in [-0.1, -0.05) is 19.8 Å². The van der Waals surface area contributed by atoms with E-state index in [-0.39, 0.29) is 19.0 Å². The molecule has 124 valence electrons. The first-order valence-corrected chi connectivity index (χ1v) is 8.17. The maximum atomic E-state index is 13.8. The van der Waals surface area contributed by atoms with Crippen molar-refractivity contribution < 1.29 is 9.18 Å². The third-order valence-corrected chi connectivity index (χ3v) is 4.64. The Morgan fingerprint density at radius 2 is 2.17 bits per heavy atom. The van der Waals surface area contributed by atoms with Crippen LogP contribution in [0, 0.1) is 23.1 Å². The zero-order valence-electron chi connectivity index (χ0n) is 13.8. The molecule has 1 N–H and O–H groups in total. The molecule has 1 amide bonds. The maximum Gasteiger partial charge on any atom is 0.236 e. The minimum atomic E-state index is -0.391. The van der Waals surface area contributed by atoms with Crippen molar-refractivity contribution in [3.8, 4) is 6.07 Å². The van der Waals surface area contributed by atoms with E-state index in [1.807, 2.05) is 6.07 Å². The summed E-state index contributed by atoms with van der Waals surface area (Å²) < 4.78 is 13.8. The van der Waals surface area contributed by atoms with Gasteiger partial charge in [0.25, 0.3) is 0 Å². The highest BCUT2D eigenvalue weighted by molar-refractivity contribution is 5.78. The van der Waals surface area contributed by atoms with Crippen molar-refractivity contribution in [2.75, 3.05) is 13.6 Å². The summed E-state index contributed by atoms with van der Waals surface area (Å²) in [6, 6.07) is 6.58. The molecule has 0 radical (unpaired) electrons. The molecule has 0 bridgehead atoms. The van der Waals surface area contributed by atoms with Crippen molar-refractivity contribution in [2.24, 2.45) is 5.92 Å². The van der Waals surface area contributed by atoms with Crippen molar-refractivity contribution in [1.29, 1.82) is 5.26 Å². The largest absolute Gasteiger partial charge is 0.340 e. The van der Waals surface area contributed by atoms with Gasteiger partial charge in [-0.2, -0.15) is 5.26 Å². The molecule has 23 heavy (non-hydrogen) atoms. The highest BCUT2D eigenvalue weighted by Crippen LogP contribution is 2.23. The fourth-order valence-electron chi connectivity index (χ4n) is 3.08. The molecular weight excluding hydrogens is 293 g/mol. The van der Waals surface area contributed by atoms with E-state index in [1.54, 1.807) is 7.05 Å². The van der Waals surface area contributed by atoms with Crippen molar-refractivity contribution >= 4 is 5.91 Å². The van der Waals surface area contributed by atoms with Crippen LogP contribution in [0.2, 0.25) is 0 Å². The predicted molar refractivity (Wildman–Crippen MR) is 87.0 cm³/mol. The Labute approximate surface area is 137 Å². The summed E-state index contributed by atoms with van der Waals surface area (Å²) >= 11 is 0. The average Bonchev–Trinajstić information content (AvgIpc) is 2.55. The number of nitrogens with zero attached hydrogens (tertiary/aromatic N) is 2. The molecule has 1 aliphatic rings. The van der Waals surface area contributed by atoms with Crippen LogP contribution in [0.15, 0.2) is 18.2 Å². The van der Waals surface area contributed by atoms with Crippen molar-refractivity contribution in [2.45, 2.75) is 45.2 Å². The summed E-state index contributed by atoms with van der Waals surface area (Å²) in [7, 11) is 1.66. The fraction of sp³-hybridized carbons (Fsp3) is 0.556. The first-order chi connectivity index (χ1) is 11.0. The van der Waals surface area contributed by atoms with Crippen LogP contribution in [0.1, 0.15) is 43.7 Å². The van der Waals surface area contributed by atoms with Gasteiger partial charge in [0, 0.05) is 25.2 Å². The smallest absolute Gasteiger partial charge is 0.236 e. The molecule has 2 atom stereocenters. The number of amides is 1. The molecule has 1 fully saturated rings. The molecule has 0 aromatic heterocycles. The third-order valence-electron chi connectivity index (χ3n) is 4.64. The molecule has 0 spiro atoms. The molecule has 1 aliphatic carbocycles. The molecular formula is C18H24FN3O. The normalized spacial score (nSPS) is 20.8. The van der Waals surface area contributed by atoms with Gasteiger partial charge < -0.3 is 10.2 Å². The predicted octanol–water partition coefficient (Wildman–Crippen LogP) is 2.82. The van der Waals surface area contributed by atoms with Crippen molar-refractivity contribution in [3.05, 3.63) is 35.1 Å². The molecule has 0 aliphatic heterocycles. The lowest BCUT2D eigenvalue weighted by atomic mass is 9.86. The van der Waals surface area contributed by atoms with Gasteiger partial charge in [-0.3, -0.25) is 4.79 Å². The van der Waals surface area contributed by atoms with Crippen LogP contribution in [0.25, 0.3) is 0 Å². The highest BCUT2D eigenvalue weighted by Gasteiger charge is 2.22. The Bertz CT molecular complexity index is 596. The molecule has 5 heteroatoms. The standard InChI is InChI=1S/C18H24FN3O/c1-13-5-3-4-6-17(13)21-11-18(23)22(2)12-15-9-14(10-20)7-8-16(15)19/h7-9,13,17,21H,3-6,11-12H2,1-2H3/t13-,17+/m0/s1. The molecule has 1 aromatic rings. The minimum absolute atomic E-state index is 0.0652. The minimum Gasteiger partial charge on any atom is -0.340 e. The number of nitrogens with one attached hydrogen (secondary N) is 1. The number of halogens is 1. The monoisotopic (exact) mass is 317 g/mol. The SMILES string of the molecule is C[C@H]1CCCC[C@H]1NCC(=O)N(C)Cc1cc(C#N)ccc1F. The lowest BCUT2D eigenvalue weighted by Gasteiger charge is -2.30. The van der Waals surface area contributed by atoms with Gasteiger partial charge in [-0.25, -0.2) is 4.39 Å². The Morgan fingerprint density at radius 3 is 2.87 bits per heavy atom. The van der Waals surface area contributed by atoms with Crippen molar-refractivity contribution in [1.82, 2.24) is 10.2 Å².